The third kappa shape index (κ3) is 6.38. The van der Waals surface area contributed by atoms with Crippen LogP contribution in [0.3, 0.4) is 0 Å². The van der Waals surface area contributed by atoms with Crippen molar-refractivity contribution in [2.75, 3.05) is 20.3 Å². The van der Waals surface area contributed by atoms with Gasteiger partial charge >= 0.3 is 0 Å². The van der Waals surface area contributed by atoms with Crippen molar-refractivity contribution in [2.45, 2.75) is 58.9 Å². The van der Waals surface area contributed by atoms with Gasteiger partial charge in [-0.1, -0.05) is 39.2 Å². The molecule has 1 rings (SSSR count). The predicted molar refractivity (Wildman–Crippen MR) is 89.3 cm³/mol. The van der Waals surface area contributed by atoms with Crippen molar-refractivity contribution >= 4 is 0 Å². The minimum Gasteiger partial charge on any atom is -0.497 e. The maximum Gasteiger partial charge on any atom is 0.127 e. The van der Waals surface area contributed by atoms with Gasteiger partial charge in [0.1, 0.15) is 11.5 Å². The summed E-state index contributed by atoms with van der Waals surface area (Å²) in [5, 5.41) is 3.52. The summed E-state index contributed by atoms with van der Waals surface area (Å²) < 4.78 is 11.3. The van der Waals surface area contributed by atoms with Gasteiger partial charge in [-0.25, -0.2) is 0 Å². The molecule has 1 aromatic carbocycles. The molecule has 0 radical (unpaired) electrons. The largest absolute Gasteiger partial charge is 0.497 e. The van der Waals surface area contributed by atoms with E-state index in [1.807, 2.05) is 12.1 Å². The first-order chi connectivity index (χ1) is 10.2. The van der Waals surface area contributed by atoms with E-state index in [2.05, 4.69) is 32.2 Å². The molecule has 0 bridgehead atoms. The SMILES string of the molecule is CCCCCCOc1cc(OC)ccc1C(C)NCCC. The summed E-state index contributed by atoms with van der Waals surface area (Å²) in [5.74, 6) is 1.80. The van der Waals surface area contributed by atoms with Crippen LogP contribution in [0.15, 0.2) is 18.2 Å². The molecular weight excluding hydrogens is 262 g/mol. The lowest BCUT2D eigenvalue weighted by molar-refractivity contribution is 0.297. The fourth-order valence-corrected chi connectivity index (χ4v) is 2.31. The smallest absolute Gasteiger partial charge is 0.127 e. The van der Waals surface area contributed by atoms with Crippen molar-refractivity contribution in [1.82, 2.24) is 5.32 Å². The van der Waals surface area contributed by atoms with Gasteiger partial charge in [-0.2, -0.15) is 0 Å². The highest BCUT2D eigenvalue weighted by Gasteiger charge is 2.12. The van der Waals surface area contributed by atoms with E-state index in [0.717, 1.165) is 37.5 Å². The molecule has 0 aliphatic heterocycles. The van der Waals surface area contributed by atoms with Crippen LogP contribution < -0.4 is 14.8 Å². The van der Waals surface area contributed by atoms with Gasteiger partial charge in [0.05, 0.1) is 13.7 Å². The van der Waals surface area contributed by atoms with Crippen molar-refractivity contribution in [3.05, 3.63) is 23.8 Å². The van der Waals surface area contributed by atoms with Gasteiger partial charge in [-0.3, -0.25) is 0 Å². The van der Waals surface area contributed by atoms with Crippen LogP contribution in [0.25, 0.3) is 0 Å². The average molecular weight is 293 g/mol. The number of benzene rings is 1. The second-order valence-electron chi connectivity index (χ2n) is 5.49. The van der Waals surface area contributed by atoms with E-state index < -0.39 is 0 Å². The predicted octanol–water partition coefficient (Wildman–Crippen LogP) is 4.71. The molecule has 1 aromatic rings. The van der Waals surface area contributed by atoms with Gasteiger partial charge in [0, 0.05) is 17.7 Å². The molecule has 0 amide bonds. The van der Waals surface area contributed by atoms with E-state index in [-0.39, 0.29) is 0 Å². The summed E-state index contributed by atoms with van der Waals surface area (Å²) >= 11 is 0. The van der Waals surface area contributed by atoms with E-state index in [1.54, 1.807) is 7.11 Å². The Morgan fingerprint density at radius 1 is 1.10 bits per heavy atom. The van der Waals surface area contributed by atoms with Crippen LogP contribution >= 0.6 is 0 Å². The molecule has 1 atom stereocenters. The van der Waals surface area contributed by atoms with Crippen LogP contribution in [-0.2, 0) is 0 Å². The highest BCUT2D eigenvalue weighted by atomic mass is 16.5. The number of nitrogens with one attached hydrogen (secondary N) is 1. The molecule has 0 aliphatic carbocycles. The van der Waals surface area contributed by atoms with E-state index >= 15 is 0 Å². The molecule has 1 unspecified atom stereocenters. The number of hydrogen-bond donors (Lipinski definition) is 1. The minimum atomic E-state index is 0.293. The molecule has 1 N–H and O–H groups in total. The van der Waals surface area contributed by atoms with Gasteiger partial charge in [0.25, 0.3) is 0 Å². The van der Waals surface area contributed by atoms with Crippen LogP contribution in [0, 0.1) is 0 Å². The molecule has 0 saturated heterocycles. The van der Waals surface area contributed by atoms with Crippen molar-refractivity contribution in [1.29, 1.82) is 0 Å². The Morgan fingerprint density at radius 2 is 1.90 bits per heavy atom. The minimum absolute atomic E-state index is 0.293. The van der Waals surface area contributed by atoms with Crippen molar-refractivity contribution in [3.8, 4) is 11.5 Å². The van der Waals surface area contributed by atoms with Crippen molar-refractivity contribution in [3.63, 3.8) is 0 Å². The monoisotopic (exact) mass is 293 g/mol. The molecule has 0 heterocycles. The zero-order chi connectivity index (χ0) is 15.5. The first-order valence-electron chi connectivity index (χ1n) is 8.27. The van der Waals surface area contributed by atoms with E-state index in [1.165, 1.54) is 24.8 Å². The summed E-state index contributed by atoms with van der Waals surface area (Å²) in [5.41, 5.74) is 1.21. The summed E-state index contributed by atoms with van der Waals surface area (Å²) in [6, 6.07) is 6.40. The van der Waals surface area contributed by atoms with E-state index in [9.17, 15) is 0 Å². The van der Waals surface area contributed by atoms with Crippen LogP contribution in [0.1, 0.15) is 64.5 Å². The molecule has 120 valence electrons. The zero-order valence-electron chi connectivity index (χ0n) is 14.1. The topological polar surface area (TPSA) is 30.5 Å². The van der Waals surface area contributed by atoms with Crippen molar-refractivity contribution in [2.24, 2.45) is 0 Å². The first kappa shape index (κ1) is 17.8. The second-order valence-corrected chi connectivity index (χ2v) is 5.49. The summed E-state index contributed by atoms with van der Waals surface area (Å²) in [7, 11) is 1.69. The Kier molecular flexibility index (Phi) is 8.91. The summed E-state index contributed by atoms with van der Waals surface area (Å²) in [6.45, 7) is 8.38. The third-order valence-electron chi connectivity index (χ3n) is 3.64. The Hall–Kier alpha value is -1.22. The molecule has 0 aliphatic rings. The molecule has 0 aromatic heterocycles. The van der Waals surface area contributed by atoms with Gasteiger partial charge in [0.2, 0.25) is 0 Å². The number of unbranched alkanes of at least 4 members (excludes halogenated alkanes) is 3. The van der Waals surface area contributed by atoms with Crippen molar-refractivity contribution < 1.29 is 9.47 Å². The molecule has 0 saturated carbocycles. The number of ether oxygens (including phenoxy) is 2. The normalized spacial score (nSPS) is 12.2. The van der Waals surface area contributed by atoms with E-state index in [0.29, 0.717) is 6.04 Å². The van der Waals surface area contributed by atoms with E-state index in [4.69, 9.17) is 9.47 Å². The third-order valence-corrected chi connectivity index (χ3v) is 3.64. The number of rotatable bonds is 11. The summed E-state index contributed by atoms with van der Waals surface area (Å²) in [4.78, 5) is 0. The average Bonchev–Trinajstić information content (AvgIpc) is 2.52. The lowest BCUT2D eigenvalue weighted by Gasteiger charge is -2.19. The number of hydrogen-bond acceptors (Lipinski definition) is 3. The highest BCUT2D eigenvalue weighted by molar-refractivity contribution is 5.42. The fourth-order valence-electron chi connectivity index (χ4n) is 2.31. The second kappa shape index (κ2) is 10.5. The Balaban J connectivity index is 2.67. The quantitative estimate of drug-likeness (QED) is 0.599. The van der Waals surface area contributed by atoms with Gasteiger partial charge in [-0.15, -0.1) is 0 Å². The zero-order valence-corrected chi connectivity index (χ0v) is 14.1. The Labute approximate surface area is 130 Å². The van der Waals surface area contributed by atoms with Crippen LogP contribution in [-0.4, -0.2) is 20.3 Å². The van der Waals surface area contributed by atoms with Gasteiger partial charge < -0.3 is 14.8 Å². The lowest BCUT2D eigenvalue weighted by Crippen LogP contribution is -2.20. The number of methoxy groups -OCH3 is 1. The maximum atomic E-state index is 6.01. The molecular formula is C18H31NO2. The standard InChI is InChI=1S/C18H31NO2/c1-5-7-8-9-13-21-18-14-16(20-4)10-11-17(18)15(3)19-12-6-2/h10-11,14-15,19H,5-9,12-13H2,1-4H3. The molecule has 3 heteroatoms. The highest BCUT2D eigenvalue weighted by Crippen LogP contribution is 2.29. The van der Waals surface area contributed by atoms with Crippen LogP contribution in [0.4, 0.5) is 0 Å². The van der Waals surface area contributed by atoms with Crippen LogP contribution in [0.5, 0.6) is 11.5 Å². The molecule has 0 fully saturated rings. The Morgan fingerprint density at radius 3 is 2.57 bits per heavy atom. The Bertz CT molecular complexity index is 393. The lowest BCUT2D eigenvalue weighted by atomic mass is 10.1. The van der Waals surface area contributed by atoms with Gasteiger partial charge in [-0.05, 0) is 32.4 Å². The fraction of sp³-hybridized carbons (Fsp3) is 0.667. The molecule has 0 spiro atoms. The first-order valence-corrected chi connectivity index (χ1v) is 8.27. The van der Waals surface area contributed by atoms with Crippen LogP contribution in [0.2, 0.25) is 0 Å². The summed E-state index contributed by atoms with van der Waals surface area (Å²) in [6.07, 6.45) is 6.01. The maximum absolute atomic E-state index is 6.01. The van der Waals surface area contributed by atoms with Gasteiger partial charge in [0.15, 0.2) is 0 Å². The molecule has 3 nitrogen and oxygen atoms in total. The molecule has 21 heavy (non-hydrogen) atoms.